The SMILES string of the molecule is O=C(O)C1=C(CN2Cc3ccccc3C2)S(=O)(=O)N=C1. The highest BCUT2D eigenvalue weighted by atomic mass is 32.2. The third-order valence-electron chi connectivity index (χ3n) is 3.44. The molecule has 0 aromatic heterocycles. The van der Waals surface area contributed by atoms with Gasteiger partial charge in [-0.15, -0.1) is 0 Å². The number of carboxylic acids is 1. The van der Waals surface area contributed by atoms with Crippen LogP contribution in [0.4, 0.5) is 0 Å². The van der Waals surface area contributed by atoms with Crippen LogP contribution in [0, 0.1) is 0 Å². The van der Waals surface area contributed by atoms with Crippen molar-refractivity contribution in [3.05, 3.63) is 45.9 Å². The Morgan fingerprint density at radius 2 is 1.85 bits per heavy atom. The van der Waals surface area contributed by atoms with Gasteiger partial charge in [-0.1, -0.05) is 24.3 Å². The fourth-order valence-corrected chi connectivity index (χ4v) is 3.59. The van der Waals surface area contributed by atoms with Gasteiger partial charge in [-0.25, -0.2) is 4.79 Å². The van der Waals surface area contributed by atoms with Gasteiger partial charge in [-0.2, -0.15) is 12.8 Å². The molecule has 20 heavy (non-hydrogen) atoms. The first kappa shape index (κ1) is 13.0. The number of carboxylic acid groups (broad SMARTS) is 1. The van der Waals surface area contributed by atoms with Gasteiger partial charge in [0.2, 0.25) is 0 Å². The summed E-state index contributed by atoms with van der Waals surface area (Å²) in [7, 11) is -3.83. The van der Waals surface area contributed by atoms with Gasteiger partial charge in [0, 0.05) is 19.6 Å². The minimum absolute atomic E-state index is 0.0681. The van der Waals surface area contributed by atoms with Crippen molar-refractivity contribution in [2.24, 2.45) is 4.40 Å². The van der Waals surface area contributed by atoms with E-state index in [0.717, 1.165) is 17.3 Å². The second-order valence-corrected chi connectivity index (χ2v) is 6.42. The molecule has 7 heteroatoms. The highest BCUT2D eigenvalue weighted by Crippen LogP contribution is 2.27. The average Bonchev–Trinajstić information content (AvgIpc) is 2.91. The molecule has 0 bridgehead atoms. The zero-order valence-electron chi connectivity index (χ0n) is 10.5. The molecule has 0 spiro atoms. The summed E-state index contributed by atoms with van der Waals surface area (Å²) in [5.41, 5.74) is 2.04. The quantitative estimate of drug-likeness (QED) is 0.888. The zero-order valence-corrected chi connectivity index (χ0v) is 11.3. The van der Waals surface area contributed by atoms with Crippen LogP contribution in [0.15, 0.2) is 39.1 Å². The molecular weight excluding hydrogens is 280 g/mol. The summed E-state index contributed by atoms with van der Waals surface area (Å²) in [5.74, 6) is -1.26. The topological polar surface area (TPSA) is 87.0 Å². The van der Waals surface area contributed by atoms with Gasteiger partial charge in [0.15, 0.2) is 0 Å². The number of rotatable bonds is 3. The number of carbonyl (C=O) groups is 1. The Hall–Kier alpha value is -1.99. The molecule has 0 radical (unpaired) electrons. The van der Waals surface area contributed by atoms with Crippen LogP contribution in [0.3, 0.4) is 0 Å². The Kier molecular flexibility index (Phi) is 2.95. The molecule has 0 unspecified atom stereocenters. The van der Waals surface area contributed by atoms with Gasteiger partial charge in [-0.05, 0) is 11.1 Å². The Morgan fingerprint density at radius 1 is 1.25 bits per heavy atom. The van der Waals surface area contributed by atoms with Crippen LogP contribution in [-0.2, 0) is 27.9 Å². The normalized spacial score (nSPS) is 20.4. The molecule has 3 rings (SSSR count). The standard InChI is InChI=1S/C13H12N2O4S/c16-13(17)11-5-14-20(18,19)12(11)8-15-6-9-3-1-2-4-10(9)7-15/h1-5H,6-8H2,(H,16,17). The van der Waals surface area contributed by atoms with E-state index in [1.54, 1.807) is 0 Å². The van der Waals surface area contributed by atoms with E-state index in [1.807, 2.05) is 29.2 Å². The summed E-state index contributed by atoms with van der Waals surface area (Å²) >= 11 is 0. The summed E-state index contributed by atoms with van der Waals surface area (Å²) in [4.78, 5) is 12.8. The van der Waals surface area contributed by atoms with E-state index in [2.05, 4.69) is 4.40 Å². The number of hydrogen-bond donors (Lipinski definition) is 1. The zero-order chi connectivity index (χ0) is 14.3. The molecule has 1 N–H and O–H groups in total. The van der Waals surface area contributed by atoms with Crippen molar-refractivity contribution in [1.29, 1.82) is 0 Å². The minimum atomic E-state index is -3.83. The second kappa shape index (κ2) is 4.53. The van der Waals surface area contributed by atoms with E-state index in [9.17, 15) is 13.2 Å². The van der Waals surface area contributed by atoms with Gasteiger partial charge < -0.3 is 5.11 Å². The summed E-state index contributed by atoms with van der Waals surface area (Å²) in [6, 6.07) is 7.84. The van der Waals surface area contributed by atoms with Crippen LogP contribution in [0.2, 0.25) is 0 Å². The van der Waals surface area contributed by atoms with Crippen LogP contribution in [0.1, 0.15) is 11.1 Å². The number of fused-ring (bicyclic) bond motifs is 1. The van der Waals surface area contributed by atoms with Crippen LogP contribution < -0.4 is 0 Å². The molecule has 2 aliphatic heterocycles. The predicted molar refractivity (Wildman–Crippen MR) is 72.6 cm³/mol. The van der Waals surface area contributed by atoms with E-state index in [1.165, 1.54) is 0 Å². The fraction of sp³-hybridized carbons (Fsp3) is 0.231. The smallest absolute Gasteiger partial charge is 0.338 e. The third kappa shape index (κ3) is 2.14. The minimum Gasteiger partial charge on any atom is -0.478 e. The van der Waals surface area contributed by atoms with E-state index in [4.69, 9.17) is 5.11 Å². The van der Waals surface area contributed by atoms with Gasteiger partial charge in [0.1, 0.15) is 0 Å². The number of nitrogens with zero attached hydrogens (tertiary/aromatic N) is 2. The van der Waals surface area contributed by atoms with Crippen molar-refractivity contribution in [2.45, 2.75) is 13.1 Å². The van der Waals surface area contributed by atoms with E-state index < -0.39 is 16.0 Å². The van der Waals surface area contributed by atoms with Crippen molar-refractivity contribution in [3.63, 3.8) is 0 Å². The highest BCUT2D eigenvalue weighted by Gasteiger charge is 2.32. The molecule has 6 nitrogen and oxygen atoms in total. The van der Waals surface area contributed by atoms with Crippen LogP contribution in [-0.4, -0.2) is 37.2 Å². The molecule has 0 fully saturated rings. The molecular formula is C13H12N2O4S. The average molecular weight is 292 g/mol. The number of hydrogen-bond acceptors (Lipinski definition) is 4. The van der Waals surface area contributed by atoms with E-state index in [0.29, 0.717) is 13.1 Å². The van der Waals surface area contributed by atoms with Gasteiger partial charge in [-0.3, -0.25) is 4.90 Å². The first-order valence-corrected chi connectivity index (χ1v) is 7.47. The van der Waals surface area contributed by atoms with Crippen molar-refractivity contribution >= 4 is 22.2 Å². The summed E-state index contributed by atoms with van der Waals surface area (Å²) in [6.45, 7) is 1.29. The monoisotopic (exact) mass is 292 g/mol. The number of sulfonamides is 1. The molecule has 2 heterocycles. The Morgan fingerprint density at radius 3 is 2.40 bits per heavy atom. The Balaban J connectivity index is 1.86. The summed E-state index contributed by atoms with van der Waals surface area (Å²) in [5, 5.41) is 9.03. The van der Waals surface area contributed by atoms with Crippen LogP contribution in [0.5, 0.6) is 0 Å². The van der Waals surface area contributed by atoms with Crippen molar-refractivity contribution in [3.8, 4) is 0 Å². The molecule has 0 saturated heterocycles. The highest BCUT2D eigenvalue weighted by molar-refractivity contribution is 7.94. The first-order chi connectivity index (χ1) is 9.47. The van der Waals surface area contributed by atoms with Crippen molar-refractivity contribution in [1.82, 2.24) is 4.90 Å². The Labute approximate surface area is 116 Å². The molecule has 0 atom stereocenters. The molecule has 1 aromatic carbocycles. The lowest BCUT2D eigenvalue weighted by Gasteiger charge is -2.15. The lowest BCUT2D eigenvalue weighted by molar-refractivity contribution is -0.132. The maximum atomic E-state index is 11.8. The van der Waals surface area contributed by atoms with Crippen LogP contribution in [0.25, 0.3) is 0 Å². The largest absolute Gasteiger partial charge is 0.478 e. The lowest BCUT2D eigenvalue weighted by Crippen LogP contribution is -2.23. The van der Waals surface area contributed by atoms with Crippen molar-refractivity contribution < 1.29 is 18.3 Å². The second-order valence-electron chi connectivity index (χ2n) is 4.77. The number of aliphatic carboxylic acids is 1. The van der Waals surface area contributed by atoms with E-state index in [-0.39, 0.29) is 17.0 Å². The lowest BCUT2D eigenvalue weighted by atomic mass is 10.1. The molecule has 1 aromatic rings. The Bertz CT molecular complexity index is 724. The van der Waals surface area contributed by atoms with Gasteiger partial charge in [0.05, 0.1) is 16.7 Å². The fourth-order valence-electron chi connectivity index (χ4n) is 2.46. The third-order valence-corrected chi connectivity index (χ3v) is 4.79. The molecule has 0 saturated carbocycles. The molecule has 104 valence electrons. The maximum Gasteiger partial charge on any atom is 0.338 e. The molecule has 2 aliphatic rings. The molecule has 0 amide bonds. The van der Waals surface area contributed by atoms with E-state index >= 15 is 0 Å². The predicted octanol–water partition coefficient (Wildman–Crippen LogP) is 0.755. The van der Waals surface area contributed by atoms with Crippen LogP contribution >= 0.6 is 0 Å². The molecule has 0 aliphatic carbocycles. The van der Waals surface area contributed by atoms with Crippen molar-refractivity contribution in [2.75, 3.05) is 6.54 Å². The summed E-state index contributed by atoms with van der Waals surface area (Å²) in [6.07, 6.45) is 0.913. The maximum absolute atomic E-state index is 11.8. The van der Waals surface area contributed by atoms with Gasteiger partial charge >= 0.3 is 5.97 Å². The summed E-state index contributed by atoms with van der Waals surface area (Å²) < 4.78 is 26.9. The first-order valence-electron chi connectivity index (χ1n) is 6.03. The number of benzene rings is 1. The van der Waals surface area contributed by atoms with Gasteiger partial charge in [0.25, 0.3) is 10.0 Å².